The first-order valence-corrected chi connectivity index (χ1v) is 12.0. The lowest BCUT2D eigenvalue weighted by Gasteiger charge is -2.18. The molecule has 0 radical (unpaired) electrons. The van der Waals surface area contributed by atoms with Crippen molar-refractivity contribution in [3.63, 3.8) is 0 Å². The molecular weight excluding hydrogens is 465 g/mol. The molecule has 0 saturated carbocycles. The van der Waals surface area contributed by atoms with Crippen molar-refractivity contribution < 1.29 is 13.9 Å². The maximum absolute atomic E-state index is 13.1. The lowest BCUT2D eigenvalue weighted by atomic mass is 10.2. The summed E-state index contributed by atoms with van der Waals surface area (Å²) in [7, 11) is 1.69. The van der Waals surface area contributed by atoms with E-state index >= 15 is 0 Å². The summed E-state index contributed by atoms with van der Waals surface area (Å²) in [4.78, 5) is 32.0. The Bertz CT molecular complexity index is 1170. The number of aromatic nitrogens is 2. The molecule has 3 rings (SSSR count). The molecule has 33 heavy (non-hydrogen) atoms. The van der Waals surface area contributed by atoms with Crippen molar-refractivity contribution in [2.45, 2.75) is 44.6 Å². The average Bonchev–Trinajstić information content (AvgIpc) is 2.77. The standard InChI is InChI=1S/C24H27ClFN3O3S/c1-16(2)32-12-4-11-29-23(31)20-10-7-18(25)13-21(20)27-24(29)33-15-22(30)28(3)14-17-5-8-19(26)9-6-17/h5-10,13,16H,4,11-12,14-15H2,1-3H3. The van der Waals surface area contributed by atoms with Crippen LogP contribution in [0, 0.1) is 5.82 Å². The Morgan fingerprint density at radius 3 is 2.67 bits per heavy atom. The number of fused-ring (bicyclic) bond motifs is 1. The Balaban J connectivity index is 1.76. The number of rotatable bonds is 10. The molecule has 0 spiro atoms. The molecule has 0 aliphatic heterocycles. The fourth-order valence-electron chi connectivity index (χ4n) is 3.21. The summed E-state index contributed by atoms with van der Waals surface area (Å²) in [6.07, 6.45) is 0.756. The van der Waals surface area contributed by atoms with E-state index in [1.807, 2.05) is 13.8 Å². The van der Waals surface area contributed by atoms with Gasteiger partial charge in [0.15, 0.2) is 5.16 Å². The fraction of sp³-hybridized carbons (Fsp3) is 0.375. The van der Waals surface area contributed by atoms with E-state index in [0.29, 0.717) is 47.2 Å². The van der Waals surface area contributed by atoms with Crippen molar-refractivity contribution in [2.24, 2.45) is 0 Å². The Morgan fingerprint density at radius 1 is 1.24 bits per heavy atom. The Labute approximate surface area is 201 Å². The maximum atomic E-state index is 13.1. The molecular formula is C24H27ClFN3O3S. The minimum atomic E-state index is -0.317. The number of carbonyl (C=O) groups excluding carboxylic acids is 1. The summed E-state index contributed by atoms with van der Waals surface area (Å²) in [6.45, 7) is 5.23. The molecule has 0 saturated heterocycles. The summed E-state index contributed by atoms with van der Waals surface area (Å²) in [6, 6.07) is 11.0. The van der Waals surface area contributed by atoms with Crippen LogP contribution in [-0.2, 0) is 22.6 Å². The van der Waals surface area contributed by atoms with Gasteiger partial charge in [-0.25, -0.2) is 9.37 Å². The van der Waals surface area contributed by atoms with Crippen LogP contribution >= 0.6 is 23.4 Å². The second-order valence-corrected chi connectivity index (χ2v) is 9.33. The SMILES string of the molecule is CC(C)OCCCn1c(SCC(=O)N(C)Cc2ccc(F)cc2)nc2cc(Cl)ccc2c1=O. The van der Waals surface area contributed by atoms with E-state index in [2.05, 4.69) is 4.98 Å². The third-order valence-corrected chi connectivity index (χ3v) is 6.14. The van der Waals surface area contributed by atoms with Gasteiger partial charge in [0.25, 0.3) is 5.56 Å². The van der Waals surface area contributed by atoms with Gasteiger partial charge < -0.3 is 9.64 Å². The Morgan fingerprint density at radius 2 is 1.97 bits per heavy atom. The van der Waals surface area contributed by atoms with Gasteiger partial charge in [-0.2, -0.15) is 0 Å². The van der Waals surface area contributed by atoms with Gasteiger partial charge in [-0.05, 0) is 56.2 Å². The lowest BCUT2D eigenvalue weighted by Crippen LogP contribution is -2.29. The number of ether oxygens (including phenoxy) is 1. The monoisotopic (exact) mass is 491 g/mol. The number of carbonyl (C=O) groups is 1. The molecule has 0 aliphatic carbocycles. The van der Waals surface area contributed by atoms with Crippen LogP contribution in [0.15, 0.2) is 52.4 Å². The van der Waals surface area contributed by atoms with Gasteiger partial charge in [0.05, 0.1) is 22.8 Å². The van der Waals surface area contributed by atoms with Gasteiger partial charge in [-0.3, -0.25) is 14.2 Å². The molecule has 0 fully saturated rings. The van der Waals surface area contributed by atoms with E-state index in [0.717, 1.165) is 5.56 Å². The van der Waals surface area contributed by atoms with Gasteiger partial charge in [-0.15, -0.1) is 0 Å². The number of thioether (sulfide) groups is 1. The van der Waals surface area contributed by atoms with Crippen LogP contribution in [0.3, 0.4) is 0 Å². The van der Waals surface area contributed by atoms with Crippen molar-refractivity contribution in [3.05, 3.63) is 69.2 Å². The molecule has 9 heteroatoms. The van der Waals surface area contributed by atoms with E-state index < -0.39 is 0 Å². The van der Waals surface area contributed by atoms with E-state index in [1.165, 1.54) is 23.9 Å². The molecule has 1 aromatic heterocycles. The minimum Gasteiger partial charge on any atom is -0.379 e. The minimum absolute atomic E-state index is 0.110. The quantitative estimate of drug-likeness (QED) is 0.232. The highest BCUT2D eigenvalue weighted by atomic mass is 35.5. The largest absolute Gasteiger partial charge is 0.379 e. The molecule has 2 aromatic carbocycles. The molecule has 0 N–H and O–H groups in total. The van der Waals surface area contributed by atoms with Crippen molar-refractivity contribution in [2.75, 3.05) is 19.4 Å². The summed E-state index contributed by atoms with van der Waals surface area (Å²) in [5.74, 6) is -0.333. The zero-order chi connectivity index (χ0) is 24.0. The smallest absolute Gasteiger partial charge is 0.262 e. The van der Waals surface area contributed by atoms with E-state index in [9.17, 15) is 14.0 Å². The first kappa shape index (κ1) is 25.2. The zero-order valence-electron chi connectivity index (χ0n) is 18.9. The molecule has 0 unspecified atom stereocenters. The van der Waals surface area contributed by atoms with Crippen molar-refractivity contribution >= 4 is 40.2 Å². The predicted molar refractivity (Wildman–Crippen MR) is 130 cm³/mol. The number of hydrogen-bond donors (Lipinski definition) is 0. The van der Waals surface area contributed by atoms with E-state index in [4.69, 9.17) is 16.3 Å². The van der Waals surface area contributed by atoms with Crippen molar-refractivity contribution in [1.82, 2.24) is 14.5 Å². The average molecular weight is 492 g/mol. The summed E-state index contributed by atoms with van der Waals surface area (Å²) in [5.41, 5.74) is 1.16. The van der Waals surface area contributed by atoms with Crippen LogP contribution in [0.2, 0.25) is 5.02 Å². The molecule has 3 aromatic rings. The fourth-order valence-corrected chi connectivity index (χ4v) is 4.34. The summed E-state index contributed by atoms with van der Waals surface area (Å²) in [5, 5.41) is 1.43. The van der Waals surface area contributed by atoms with Crippen molar-refractivity contribution in [3.8, 4) is 0 Å². The summed E-state index contributed by atoms with van der Waals surface area (Å²) >= 11 is 7.31. The van der Waals surface area contributed by atoms with Crippen LogP contribution in [0.4, 0.5) is 4.39 Å². The van der Waals surface area contributed by atoms with Gasteiger partial charge in [0.1, 0.15) is 5.82 Å². The number of amides is 1. The maximum Gasteiger partial charge on any atom is 0.262 e. The van der Waals surface area contributed by atoms with Gasteiger partial charge in [0, 0.05) is 31.8 Å². The van der Waals surface area contributed by atoms with Gasteiger partial charge >= 0.3 is 0 Å². The second kappa shape index (κ2) is 11.6. The third kappa shape index (κ3) is 7.03. The topological polar surface area (TPSA) is 64.4 Å². The van der Waals surface area contributed by atoms with Crippen molar-refractivity contribution in [1.29, 1.82) is 0 Å². The van der Waals surface area contributed by atoms with Crippen LogP contribution in [0.5, 0.6) is 0 Å². The molecule has 1 heterocycles. The first-order chi connectivity index (χ1) is 15.7. The number of nitrogens with zero attached hydrogens (tertiary/aromatic N) is 3. The number of benzene rings is 2. The zero-order valence-corrected chi connectivity index (χ0v) is 20.5. The molecule has 1 amide bonds. The van der Waals surface area contributed by atoms with Crippen LogP contribution in [0.25, 0.3) is 10.9 Å². The molecule has 176 valence electrons. The third-order valence-electron chi connectivity index (χ3n) is 4.94. The molecule has 0 bridgehead atoms. The molecule has 6 nitrogen and oxygen atoms in total. The van der Waals surface area contributed by atoms with Crippen LogP contribution in [-0.4, -0.2) is 45.9 Å². The first-order valence-electron chi connectivity index (χ1n) is 10.7. The lowest BCUT2D eigenvalue weighted by molar-refractivity contribution is -0.127. The van der Waals surface area contributed by atoms with Crippen LogP contribution < -0.4 is 5.56 Å². The normalized spacial score (nSPS) is 11.3. The summed E-state index contributed by atoms with van der Waals surface area (Å²) < 4.78 is 20.3. The van der Waals surface area contributed by atoms with E-state index in [-0.39, 0.29) is 29.1 Å². The Kier molecular flexibility index (Phi) is 8.88. The molecule has 0 aliphatic rings. The predicted octanol–water partition coefficient (Wildman–Crippen LogP) is 4.75. The van der Waals surface area contributed by atoms with E-state index in [1.54, 1.807) is 46.8 Å². The Hall–Kier alpha value is -2.42. The highest BCUT2D eigenvalue weighted by molar-refractivity contribution is 7.99. The second-order valence-electron chi connectivity index (χ2n) is 7.95. The number of hydrogen-bond acceptors (Lipinski definition) is 5. The van der Waals surface area contributed by atoms with Gasteiger partial charge in [-0.1, -0.05) is 35.5 Å². The highest BCUT2D eigenvalue weighted by Crippen LogP contribution is 2.21. The van der Waals surface area contributed by atoms with Gasteiger partial charge in [0.2, 0.25) is 5.91 Å². The molecule has 0 atom stereocenters. The highest BCUT2D eigenvalue weighted by Gasteiger charge is 2.16. The van der Waals surface area contributed by atoms with Crippen LogP contribution in [0.1, 0.15) is 25.8 Å². The number of halogens is 2.